The highest BCUT2D eigenvalue weighted by atomic mass is 16.5. The van der Waals surface area contributed by atoms with Gasteiger partial charge in [-0.15, -0.1) is 0 Å². The van der Waals surface area contributed by atoms with Crippen LogP contribution < -0.4 is 10.5 Å². The fraction of sp³-hybridized carbons (Fsp3) is 0.176. The van der Waals surface area contributed by atoms with Crippen LogP contribution in [-0.4, -0.2) is 24.3 Å². The largest absolute Gasteiger partial charge is 0.489 e. The highest BCUT2D eigenvalue weighted by molar-refractivity contribution is 5.95. The van der Waals surface area contributed by atoms with Crippen LogP contribution in [0.2, 0.25) is 0 Å². The Morgan fingerprint density at radius 2 is 2.04 bits per heavy atom. The van der Waals surface area contributed by atoms with Gasteiger partial charge in [0.2, 0.25) is 0 Å². The fourth-order valence-electron chi connectivity index (χ4n) is 2.03. The minimum absolute atomic E-state index is 0.0990. The van der Waals surface area contributed by atoms with E-state index in [4.69, 9.17) is 20.5 Å². The number of aromatic nitrogens is 1. The van der Waals surface area contributed by atoms with Crippen LogP contribution >= 0.6 is 0 Å². The molecule has 0 atom stereocenters. The molecular formula is C17H17N3O3. The van der Waals surface area contributed by atoms with E-state index in [0.717, 1.165) is 5.57 Å². The van der Waals surface area contributed by atoms with E-state index in [1.165, 1.54) is 17.9 Å². The molecule has 2 rings (SSSR count). The van der Waals surface area contributed by atoms with E-state index in [1.807, 2.05) is 13.0 Å². The van der Waals surface area contributed by atoms with E-state index in [1.54, 1.807) is 24.3 Å². The SMILES string of the molecule is C=C(C)COc1ccc(-n2cc(C#N)c(N)c2C(=O)OC)cc1. The number of ether oxygens (including phenoxy) is 2. The molecule has 0 bridgehead atoms. The molecule has 118 valence electrons. The molecule has 0 saturated carbocycles. The van der Waals surface area contributed by atoms with Crippen molar-refractivity contribution >= 4 is 11.7 Å². The zero-order valence-corrected chi connectivity index (χ0v) is 13.0. The van der Waals surface area contributed by atoms with Crippen LogP contribution in [0.25, 0.3) is 5.69 Å². The first-order chi connectivity index (χ1) is 11.0. The predicted molar refractivity (Wildman–Crippen MR) is 86.5 cm³/mol. The second-order valence-electron chi connectivity index (χ2n) is 5.02. The van der Waals surface area contributed by atoms with Crippen molar-refractivity contribution in [3.63, 3.8) is 0 Å². The number of esters is 1. The van der Waals surface area contributed by atoms with Gasteiger partial charge in [0.05, 0.1) is 18.4 Å². The number of nitrogens with zero attached hydrogens (tertiary/aromatic N) is 2. The van der Waals surface area contributed by atoms with Gasteiger partial charge in [0.25, 0.3) is 0 Å². The molecule has 0 amide bonds. The lowest BCUT2D eigenvalue weighted by Gasteiger charge is -2.10. The number of hydrogen-bond acceptors (Lipinski definition) is 5. The van der Waals surface area contributed by atoms with E-state index >= 15 is 0 Å². The van der Waals surface area contributed by atoms with Crippen molar-refractivity contribution in [1.29, 1.82) is 5.26 Å². The lowest BCUT2D eigenvalue weighted by Crippen LogP contribution is -2.11. The molecule has 1 aromatic carbocycles. The summed E-state index contributed by atoms with van der Waals surface area (Å²) in [6.07, 6.45) is 1.51. The molecule has 0 unspecified atom stereocenters. The minimum Gasteiger partial charge on any atom is -0.489 e. The first kappa shape index (κ1) is 16.2. The zero-order chi connectivity index (χ0) is 17.0. The third-order valence-electron chi connectivity index (χ3n) is 3.14. The van der Waals surface area contributed by atoms with Crippen LogP contribution in [0.4, 0.5) is 5.69 Å². The Labute approximate surface area is 134 Å². The van der Waals surface area contributed by atoms with Crippen LogP contribution in [0.5, 0.6) is 5.75 Å². The summed E-state index contributed by atoms with van der Waals surface area (Å²) in [5, 5.41) is 9.10. The number of methoxy groups -OCH3 is 1. The summed E-state index contributed by atoms with van der Waals surface area (Å²) in [4.78, 5) is 11.9. The maximum absolute atomic E-state index is 11.9. The standard InChI is InChI=1S/C17H17N3O3/c1-11(2)10-23-14-6-4-13(5-7-14)20-9-12(8-18)15(19)16(20)17(21)22-3/h4-7,9H,1,10,19H2,2-3H3. The second-order valence-corrected chi connectivity index (χ2v) is 5.02. The van der Waals surface area contributed by atoms with E-state index in [2.05, 4.69) is 6.58 Å². The van der Waals surface area contributed by atoms with Crippen molar-refractivity contribution in [1.82, 2.24) is 4.57 Å². The topological polar surface area (TPSA) is 90.3 Å². The molecule has 0 radical (unpaired) electrons. The molecular weight excluding hydrogens is 294 g/mol. The molecule has 2 N–H and O–H groups in total. The van der Waals surface area contributed by atoms with Gasteiger partial charge in [-0.1, -0.05) is 6.58 Å². The van der Waals surface area contributed by atoms with Gasteiger partial charge >= 0.3 is 5.97 Å². The number of carbonyl (C=O) groups is 1. The molecule has 0 aliphatic rings. The van der Waals surface area contributed by atoms with Gasteiger partial charge in [0, 0.05) is 11.9 Å². The van der Waals surface area contributed by atoms with Gasteiger partial charge in [-0.3, -0.25) is 0 Å². The fourth-order valence-corrected chi connectivity index (χ4v) is 2.03. The van der Waals surface area contributed by atoms with Crippen LogP contribution in [0.3, 0.4) is 0 Å². The quantitative estimate of drug-likeness (QED) is 0.677. The predicted octanol–water partition coefficient (Wildman–Crippen LogP) is 2.67. The molecule has 2 aromatic rings. The molecule has 1 heterocycles. The number of nitrogens with two attached hydrogens (primary N) is 1. The van der Waals surface area contributed by atoms with Gasteiger partial charge in [0.1, 0.15) is 18.4 Å². The number of benzene rings is 1. The summed E-state index contributed by atoms with van der Waals surface area (Å²) in [6, 6.07) is 9.02. The highest BCUT2D eigenvalue weighted by Gasteiger charge is 2.21. The molecule has 23 heavy (non-hydrogen) atoms. The van der Waals surface area contributed by atoms with Crippen LogP contribution in [0, 0.1) is 11.3 Å². The third kappa shape index (κ3) is 3.35. The Kier molecular flexibility index (Phi) is 4.72. The van der Waals surface area contributed by atoms with Crippen molar-refractivity contribution in [3.8, 4) is 17.5 Å². The summed E-state index contributed by atoms with van der Waals surface area (Å²) in [5.74, 6) is 0.0728. The molecule has 6 nitrogen and oxygen atoms in total. The lowest BCUT2D eigenvalue weighted by molar-refractivity contribution is 0.0593. The maximum atomic E-state index is 11.9. The molecule has 0 saturated heterocycles. The molecule has 0 aliphatic heterocycles. The summed E-state index contributed by atoms with van der Waals surface area (Å²) in [7, 11) is 1.26. The Hall–Kier alpha value is -3.20. The lowest BCUT2D eigenvalue weighted by atomic mass is 10.2. The number of hydrogen-bond donors (Lipinski definition) is 1. The average molecular weight is 311 g/mol. The van der Waals surface area contributed by atoms with E-state index < -0.39 is 5.97 Å². The van der Waals surface area contributed by atoms with Crippen molar-refractivity contribution < 1.29 is 14.3 Å². The Morgan fingerprint density at radius 1 is 1.39 bits per heavy atom. The summed E-state index contributed by atoms with van der Waals surface area (Å²) < 4.78 is 11.8. The van der Waals surface area contributed by atoms with Crippen molar-refractivity contribution in [2.24, 2.45) is 0 Å². The molecule has 6 heteroatoms. The highest BCUT2D eigenvalue weighted by Crippen LogP contribution is 2.25. The van der Waals surface area contributed by atoms with Gasteiger partial charge in [0.15, 0.2) is 5.69 Å². The third-order valence-corrected chi connectivity index (χ3v) is 3.14. The summed E-state index contributed by atoms with van der Waals surface area (Å²) in [6.45, 7) is 6.08. The summed E-state index contributed by atoms with van der Waals surface area (Å²) >= 11 is 0. The summed E-state index contributed by atoms with van der Waals surface area (Å²) in [5.41, 5.74) is 7.88. The molecule has 0 spiro atoms. The monoisotopic (exact) mass is 311 g/mol. The first-order valence-electron chi connectivity index (χ1n) is 6.84. The number of rotatable bonds is 5. The van der Waals surface area contributed by atoms with Crippen molar-refractivity contribution in [2.45, 2.75) is 6.92 Å². The number of nitrogen functional groups attached to an aromatic ring is 1. The van der Waals surface area contributed by atoms with Gasteiger partial charge in [-0.05, 0) is 36.8 Å². The normalized spacial score (nSPS) is 9.96. The number of anilines is 1. The van der Waals surface area contributed by atoms with Gasteiger partial charge < -0.3 is 19.8 Å². The molecule has 0 aliphatic carbocycles. The average Bonchev–Trinajstić information content (AvgIpc) is 2.89. The number of nitriles is 1. The van der Waals surface area contributed by atoms with E-state index in [-0.39, 0.29) is 16.9 Å². The second kappa shape index (κ2) is 6.71. The smallest absolute Gasteiger partial charge is 0.357 e. The van der Waals surface area contributed by atoms with Crippen molar-refractivity contribution in [2.75, 3.05) is 19.5 Å². The van der Waals surface area contributed by atoms with Crippen LogP contribution in [0.15, 0.2) is 42.6 Å². The van der Waals surface area contributed by atoms with Gasteiger partial charge in [-0.25, -0.2) is 4.79 Å². The Morgan fingerprint density at radius 3 is 2.57 bits per heavy atom. The minimum atomic E-state index is -0.605. The van der Waals surface area contributed by atoms with Crippen LogP contribution in [-0.2, 0) is 4.74 Å². The zero-order valence-electron chi connectivity index (χ0n) is 13.0. The van der Waals surface area contributed by atoms with Crippen molar-refractivity contribution in [3.05, 3.63) is 53.9 Å². The molecule has 1 aromatic heterocycles. The van der Waals surface area contributed by atoms with Crippen LogP contribution in [0.1, 0.15) is 23.0 Å². The number of carbonyl (C=O) groups excluding carboxylic acids is 1. The Bertz CT molecular complexity index is 783. The first-order valence-corrected chi connectivity index (χ1v) is 6.84. The van der Waals surface area contributed by atoms with E-state index in [0.29, 0.717) is 18.0 Å². The Balaban J connectivity index is 2.40. The maximum Gasteiger partial charge on any atom is 0.357 e. The van der Waals surface area contributed by atoms with Gasteiger partial charge in [-0.2, -0.15) is 5.26 Å². The van der Waals surface area contributed by atoms with E-state index in [9.17, 15) is 4.79 Å². The molecule has 0 fully saturated rings.